The molecule has 0 bridgehead atoms. The van der Waals surface area contributed by atoms with Crippen LogP contribution in [0.5, 0.6) is 5.75 Å². The second kappa shape index (κ2) is 5.39. The first-order chi connectivity index (χ1) is 9.06. The number of hydrogen-bond acceptors (Lipinski definition) is 3. The molecule has 2 aromatic rings. The zero-order chi connectivity index (χ0) is 13.8. The van der Waals surface area contributed by atoms with Crippen molar-refractivity contribution in [1.29, 1.82) is 0 Å². The van der Waals surface area contributed by atoms with Crippen LogP contribution in [0, 0.1) is 0 Å². The minimum Gasteiger partial charge on any atom is -0.485 e. The second-order valence-electron chi connectivity index (χ2n) is 4.17. The van der Waals surface area contributed by atoms with Crippen LogP contribution in [0.4, 0.5) is 0 Å². The van der Waals surface area contributed by atoms with Crippen LogP contribution >= 0.6 is 0 Å². The Morgan fingerprint density at radius 1 is 1.16 bits per heavy atom. The van der Waals surface area contributed by atoms with Crippen LogP contribution in [0.25, 0.3) is 0 Å². The molecule has 1 heterocycles. The largest absolute Gasteiger partial charge is 0.485 e. The lowest BCUT2D eigenvalue weighted by molar-refractivity contribution is 0.0920. The first kappa shape index (κ1) is 12.9. The topological polar surface area (TPSA) is 74.3 Å². The highest BCUT2D eigenvalue weighted by Gasteiger charge is 2.08. The number of Topliss-reactive ketones (excluding diaryl/α,β-unsaturated/α-hetero) is 1. The molecule has 5 heteroatoms. The third-order valence-corrected chi connectivity index (χ3v) is 2.66. The lowest BCUT2D eigenvalue weighted by atomic mass is 10.2. The third kappa shape index (κ3) is 3.22. The van der Waals surface area contributed by atoms with E-state index in [4.69, 9.17) is 10.5 Å². The van der Waals surface area contributed by atoms with Gasteiger partial charge in [0.15, 0.2) is 6.61 Å². The Bertz CT molecular complexity index is 599. The maximum absolute atomic E-state index is 11.8. The van der Waals surface area contributed by atoms with Gasteiger partial charge in [-0.05, 0) is 30.3 Å². The van der Waals surface area contributed by atoms with E-state index in [-0.39, 0.29) is 12.4 Å². The quantitative estimate of drug-likeness (QED) is 0.823. The number of hydrogen-bond donors (Lipinski definition) is 1. The molecule has 1 aromatic heterocycles. The molecular formula is C14H14N2O3. The summed E-state index contributed by atoms with van der Waals surface area (Å²) in [6.45, 7) is -0.0417. The number of carbonyl (C=O) groups excluding carboxylic acids is 2. The van der Waals surface area contributed by atoms with Crippen LogP contribution in [0.1, 0.15) is 20.7 Å². The minimum atomic E-state index is -0.494. The molecule has 5 nitrogen and oxygen atoms in total. The fourth-order valence-corrected chi connectivity index (χ4v) is 1.62. The van der Waals surface area contributed by atoms with Crippen LogP contribution in [0.15, 0.2) is 42.7 Å². The fourth-order valence-electron chi connectivity index (χ4n) is 1.62. The summed E-state index contributed by atoms with van der Waals surface area (Å²) in [6, 6.07) is 8.08. The van der Waals surface area contributed by atoms with Gasteiger partial charge >= 0.3 is 0 Å². The van der Waals surface area contributed by atoms with Gasteiger partial charge in [0.05, 0.1) is 0 Å². The minimum absolute atomic E-state index is 0.0417. The van der Waals surface area contributed by atoms with Crippen molar-refractivity contribution < 1.29 is 14.3 Å². The standard InChI is InChI=1S/C14H14N2O3/c1-16-7-6-11(8-16)13(17)9-19-12-4-2-10(3-5-12)14(15)18/h2-8H,9H2,1H3,(H2,15,18). The molecule has 0 fully saturated rings. The molecule has 1 amide bonds. The highest BCUT2D eigenvalue weighted by atomic mass is 16.5. The van der Waals surface area contributed by atoms with E-state index >= 15 is 0 Å². The van der Waals surface area contributed by atoms with Crippen LogP contribution in [-0.4, -0.2) is 22.9 Å². The van der Waals surface area contributed by atoms with Gasteiger partial charge in [-0.1, -0.05) is 0 Å². The molecule has 0 atom stereocenters. The van der Waals surface area contributed by atoms with E-state index in [1.54, 1.807) is 47.3 Å². The van der Waals surface area contributed by atoms with Crippen LogP contribution in [-0.2, 0) is 7.05 Å². The Kier molecular flexibility index (Phi) is 3.66. The molecule has 1 aromatic carbocycles. The van der Waals surface area contributed by atoms with Gasteiger partial charge in [-0.25, -0.2) is 0 Å². The van der Waals surface area contributed by atoms with Gasteiger partial charge in [-0.2, -0.15) is 0 Å². The Morgan fingerprint density at radius 2 is 1.84 bits per heavy atom. The van der Waals surface area contributed by atoms with E-state index in [0.29, 0.717) is 16.9 Å². The second-order valence-corrected chi connectivity index (χ2v) is 4.17. The van der Waals surface area contributed by atoms with E-state index in [1.807, 2.05) is 7.05 Å². The van der Waals surface area contributed by atoms with Crippen molar-refractivity contribution in [1.82, 2.24) is 4.57 Å². The molecule has 0 saturated carbocycles. The number of ether oxygens (including phenoxy) is 1. The first-order valence-corrected chi connectivity index (χ1v) is 5.74. The van der Waals surface area contributed by atoms with Crippen LogP contribution in [0.3, 0.4) is 0 Å². The van der Waals surface area contributed by atoms with Crippen molar-refractivity contribution in [2.24, 2.45) is 12.8 Å². The third-order valence-electron chi connectivity index (χ3n) is 2.66. The van der Waals surface area contributed by atoms with E-state index in [1.165, 1.54) is 0 Å². The molecule has 2 N–H and O–H groups in total. The molecule has 0 unspecified atom stereocenters. The zero-order valence-corrected chi connectivity index (χ0v) is 10.5. The highest BCUT2D eigenvalue weighted by Crippen LogP contribution is 2.12. The molecular weight excluding hydrogens is 244 g/mol. The predicted octanol–water partition coefficient (Wildman–Crippen LogP) is 1.39. The van der Waals surface area contributed by atoms with Crippen molar-refractivity contribution in [3.63, 3.8) is 0 Å². The van der Waals surface area contributed by atoms with Gasteiger partial charge < -0.3 is 15.0 Å². The molecule has 2 rings (SSSR count). The SMILES string of the molecule is Cn1ccc(C(=O)COc2ccc(C(N)=O)cc2)c1. The molecule has 19 heavy (non-hydrogen) atoms. The predicted molar refractivity (Wildman–Crippen MR) is 70.2 cm³/mol. The number of benzene rings is 1. The summed E-state index contributed by atoms with van der Waals surface area (Å²) in [5.41, 5.74) is 6.14. The summed E-state index contributed by atoms with van der Waals surface area (Å²) in [5, 5.41) is 0. The lowest BCUT2D eigenvalue weighted by Gasteiger charge is -2.05. The summed E-state index contributed by atoms with van der Waals surface area (Å²) in [7, 11) is 1.85. The van der Waals surface area contributed by atoms with Crippen molar-refractivity contribution in [2.75, 3.05) is 6.61 Å². The van der Waals surface area contributed by atoms with Gasteiger partial charge in [0, 0.05) is 30.6 Å². The summed E-state index contributed by atoms with van der Waals surface area (Å²) < 4.78 is 7.16. The highest BCUT2D eigenvalue weighted by molar-refractivity contribution is 5.97. The van der Waals surface area contributed by atoms with E-state index in [2.05, 4.69) is 0 Å². The van der Waals surface area contributed by atoms with Crippen molar-refractivity contribution in [2.45, 2.75) is 0 Å². The van der Waals surface area contributed by atoms with Gasteiger partial charge in [-0.3, -0.25) is 9.59 Å². The summed E-state index contributed by atoms with van der Waals surface area (Å²) in [4.78, 5) is 22.7. The zero-order valence-electron chi connectivity index (χ0n) is 10.5. The molecule has 0 aliphatic heterocycles. The maximum Gasteiger partial charge on any atom is 0.248 e. The van der Waals surface area contributed by atoms with E-state index in [9.17, 15) is 9.59 Å². The molecule has 0 saturated heterocycles. The number of primary amides is 1. The molecule has 0 aliphatic carbocycles. The first-order valence-electron chi connectivity index (χ1n) is 5.74. The van der Waals surface area contributed by atoms with Gasteiger partial charge in [0.2, 0.25) is 11.7 Å². The Hall–Kier alpha value is -2.56. The van der Waals surface area contributed by atoms with Crippen LogP contribution < -0.4 is 10.5 Å². The summed E-state index contributed by atoms with van der Waals surface area (Å²) >= 11 is 0. The normalized spacial score (nSPS) is 10.2. The average molecular weight is 258 g/mol. The lowest BCUT2D eigenvalue weighted by Crippen LogP contribution is -2.12. The van der Waals surface area contributed by atoms with Crippen LogP contribution in [0.2, 0.25) is 0 Å². The van der Waals surface area contributed by atoms with Crippen molar-refractivity contribution in [3.8, 4) is 5.75 Å². The molecule has 0 spiro atoms. The number of carbonyl (C=O) groups is 2. The number of amides is 1. The number of ketones is 1. The molecule has 0 radical (unpaired) electrons. The van der Waals surface area contributed by atoms with Gasteiger partial charge in [-0.15, -0.1) is 0 Å². The molecule has 0 aliphatic rings. The number of aromatic nitrogens is 1. The number of nitrogens with two attached hydrogens (primary N) is 1. The fraction of sp³-hybridized carbons (Fsp3) is 0.143. The van der Waals surface area contributed by atoms with Gasteiger partial charge in [0.1, 0.15) is 5.75 Å². The Morgan fingerprint density at radius 3 is 2.37 bits per heavy atom. The molecule has 98 valence electrons. The maximum atomic E-state index is 11.8. The van der Waals surface area contributed by atoms with E-state index in [0.717, 1.165) is 0 Å². The smallest absolute Gasteiger partial charge is 0.248 e. The Labute approximate surface area is 110 Å². The van der Waals surface area contributed by atoms with Crippen molar-refractivity contribution in [3.05, 3.63) is 53.9 Å². The average Bonchev–Trinajstić information content (AvgIpc) is 2.83. The monoisotopic (exact) mass is 258 g/mol. The van der Waals surface area contributed by atoms with Crippen molar-refractivity contribution >= 4 is 11.7 Å². The number of rotatable bonds is 5. The number of nitrogens with zero attached hydrogens (tertiary/aromatic N) is 1. The Balaban J connectivity index is 1.95. The van der Waals surface area contributed by atoms with Gasteiger partial charge in [0.25, 0.3) is 0 Å². The summed E-state index contributed by atoms with van der Waals surface area (Å²) in [5.74, 6) is -0.0687. The summed E-state index contributed by atoms with van der Waals surface area (Å²) in [6.07, 6.45) is 3.54. The van der Waals surface area contributed by atoms with E-state index < -0.39 is 5.91 Å². The number of aryl methyl sites for hydroxylation is 1.